The van der Waals surface area contributed by atoms with Crippen LogP contribution in [0.25, 0.3) is 11.1 Å². The van der Waals surface area contributed by atoms with E-state index in [0.29, 0.717) is 17.7 Å². The van der Waals surface area contributed by atoms with Gasteiger partial charge in [-0.05, 0) is 17.2 Å². The molecular formula is C17H18ClF3N2O2. The number of rotatable bonds is 6. The number of amides is 1. The third kappa shape index (κ3) is 6.64. The number of carbonyl (C=O) groups is 1. The first-order valence-corrected chi connectivity index (χ1v) is 7.30. The van der Waals surface area contributed by atoms with Crippen molar-refractivity contribution < 1.29 is 22.7 Å². The van der Waals surface area contributed by atoms with Crippen LogP contribution in [0.5, 0.6) is 5.75 Å². The van der Waals surface area contributed by atoms with Crippen molar-refractivity contribution in [3.8, 4) is 16.9 Å². The summed E-state index contributed by atoms with van der Waals surface area (Å²) in [6.07, 6.45) is -4.50. The van der Waals surface area contributed by atoms with Gasteiger partial charge in [0.15, 0.2) is 0 Å². The number of benzene rings is 2. The van der Waals surface area contributed by atoms with E-state index >= 15 is 0 Å². The van der Waals surface area contributed by atoms with E-state index in [2.05, 4.69) is 10.1 Å². The maximum Gasteiger partial charge on any atom is 0.573 e. The predicted octanol–water partition coefficient (Wildman–Crippen LogP) is 3.64. The van der Waals surface area contributed by atoms with Crippen LogP contribution in [0.3, 0.4) is 0 Å². The summed E-state index contributed by atoms with van der Waals surface area (Å²) < 4.78 is 41.5. The normalized spacial score (nSPS) is 10.7. The van der Waals surface area contributed by atoms with Gasteiger partial charge in [-0.1, -0.05) is 42.5 Å². The molecule has 0 spiro atoms. The van der Waals surface area contributed by atoms with Crippen LogP contribution >= 0.6 is 12.4 Å². The summed E-state index contributed by atoms with van der Waals surface area (Å²) in [6.45, 7) is 0.612. The fraction of sp³-hybridized carbons (Fsp3) is 0.235. The molecule has 3 N–H and O–H groups in total. The van der Waals surface area contributed by atoms with Crippen LogP contribution < -0.4 is 15.8 Å². The molecule has 8 heteroatoms. The molecule has 0 bridgehead atoms. The summed E-state index contributed by atoms with van der Waals surface area (Å²) in [4.78, 5) is 11.4. The number of hydrogen-bond acceptors (Lipinski definition) is 3. The summed E-state index contributed by atoms with van der Waals surface area (Å²) in [6, 6.07) is 12.8. The van der Waals surface area contributed by atoms with Gasteiger partial charge in [0.2, 0.25) is 5.91 Å². The van der Waals surface area contributed by atoms with Crippen LogP contribution in [0.15, 0.2) is 48.5 Å². The third-order valence-corrected chi connectivity index (χ3v) is 3.24. The van der Waals surface area contributed by atoms with Gasteiger partial charge < -0.3 is 15.8 Å². The number of nitrogens with two attached hydrogens (primary N) is 1. The minimum absolute atomic E-state index is 0. The topological polar surface area (TPSA) is 64.4 Å². The van der Waals surface area contributed by atoms with E-state index in [1.165, 1.54) is 12.1 Å². The van der Waals surface area contributed by atoms with E-state index in [1.807, 2.05) is 0 Å². The van der Waals surface area contributed by atoms with Gasteiger partial charge in [-0.25, -0.2) is 0 Å². The zero-order valence-electron chi connectivity index (χ0n) is 13.2. The maximum atomic E-state index is 12.5. The Morgan fingerprint density at radius 3 is 2.32 bits per heavy atom. The van der Waals surface area contributed by atoms with Crippen molar-refractivity contribution in [2.45, 2.75) is 19.3 Å². The van der Waals surface area contributed by atoms with E-state index < -0.39 is 6.36 Å². The SMILES string of the molecule is Cl.NCCC(=O)NCc1ccc(-c2ccccc2OC(F)(F)F)cc1. The summed E-state index contributed by atoms with van der Waals surface area (Å²) in [5.74, 6) is -0.403. The molecule has 25 heavy (non-hydrogen) atoms. The average Bonchev–Trinajstić information content (AvgIpc) is 2.53. The van der Waals surface area contributed by atoms with Crippen LogP contribution in [0.2, 0.25) is 0 Å². The van der Waals surface area contributed by atoms with Crippen LogP contribution in [0.1, 0.15) is 12.0 Å². The monoisotopic (exact) mass is 374 g/mol. The molecule has 0 unspecified atom stereocenters. The fourth-order valence-electron chi connectivity index (χ4n) is 2.14. The molecule has 1 amide bonds. The second-order valence-corrected chi connectivity index (χ2v) is 5.06. The van der Waals surface area contributed by atoms with Gasteiger partial charge in [0.05, 0.1) is 0 Å². The number of hydrogen-bond donors (Lipinski definition) is 2. The molecule has 2 aromatic carbocycles. The lowest BCUT2D eigenvalue weighted by molar-refractivity contribution is -0.274. The lowest BCUT2D eigenvalue weighted by atomic mass is 10.0. The van der Waals surface area contributed by atoms with Crippen molar-refractivity contribution in [3.05, 3.63) is 54.1 Å². The predicted molar refractivity (Wildman–Crippen MR) is 91.3 cm³/mol. The Balaban J connectivity index is 0.00000312. The Morgan fingerprint density at radius 1 is 1.08 bits per heavy atom. The van der Waals surface area contributed by atoms with E-state index in [9.17, 15) is 18.0 Å². The van der Waals surface area contributed by atoms with Gasteiger partial charge in [-0.3, -0.25) is 4.79 Å². The Bertz CT molecular complexity index is 691. The summed E-state index contributed by atoms with van der Waals surface area (Å²) >= 11 is 0. The van der Waals surface area contributed by atoms with E-state index in [0.717, 1.165) is 5.56 Å². The molecule has 0 saturated carbocycles. The van der Waals surface area contributed by atoms with Crippen molar-refractivity contribution >= 4 is 18.3 Å². The van der Waals surface area contributed by atoms with Gasteiger partial charge >= 0.3 is 6.36 Å². The molecule has 0 heterocycles. The molecule has 2 aromatic rings. The minimum atomic E-state index is -4.75. The highest BCUT2D eigenvalue weighted by Crippen LogP contribution is 2.33. The molecule has 2 rings (SSSR count). The number of ether oxygens (including phenoxy) is 1. The Labute approximate surface area is 149 Å². The largest absolute Gasteiger partial charge is 0.573 e. The second-order valence-electron chi connectivity index (χ2n) is 5.06. The number of para-hydroxylation sites is 1. The van der Waals surface area contributed by atoms with Crippen LogP contribution in [-0.4, -0.2) is 18.8 Å². The number of alkyl halides is 3. The van der Waals surface area contributed by atoms with E-state index in [4.69, 9.17) is 5.73 Å². The zero-order chi connectivity index (χ0) is 17.6. The molecule has 136 valence electrons. The van der Waals surface area contributed by atoms with Gasteiger partial charge in [0.25, 0.3) is 0 Å². The molecule has 0 aliphatic carbocycles. The third-order valence-electron chi connectivity index (χ3n) is 3.24. The second kappa shape index (κ2) is 9.29. The van der Waals surface area contributed by atoms with Crippen LogP contribution in [0, 0.1) is 0 Å². The molecule has 4 nitrogen and oxygen atoms in total. The standard InChI is InChI=1S/C17H17F3N2O2.ClH/c18-17(19,20)24-15-4-2-1-3-14(15)13-7-5-12(6-8-13)11-22-16(23)9-10-21;/h1-8H,9-11,21H2,(H,22,23);1H. The molecule has 0 saturated heterocycles. The highest BCUT2D eigenvalue weighted by Gasteiger charge is 2.32. The molecule has 0 fully saturated rings. The molecular weight excluding hydrogens is 357 g/mol. The first-order chi connectivity index (χ1) is 11.4. The van der Waals surface area contributed by atoms with Gasteiger partial charge in [0, 0.05) is 25.1 Å². The molecule has 0 aromatic heterocycles. The lowest BCUT2D eigenvalue weighted by Gasteiger charge is -2.13. The summed E-state index contributed by atoms with van der Waals surface area (Å²) in [5, 5.41) is 2.71. The number of halogens is 4. The number of nitrogens with one attached hydrogen (secondary N) is 1. The average molecular weight is 375 g/mol. The fourth-order valence-corrected chi connectivity index (χ4v) is 2.14. The van der Waals surface area contributed by atoms with Gasteiger partial charge in [-0.15, -0.1) is 25.6 Å². The van der Waals surface area contributed by atoms with E-state index in [-0.39, 0.29) is 37.0 Å². The molecule has 0 aliphatic heterocycles. The van der Waals surface area contributed by atoms with Gasteiger partial charge in [-0.2, -0.15) is 0 Å². The van der Waals surface area contributed by atoms with E-state index in [1.54, 1.807) is 36.4 Å². The van der Waals surface area contributed by atoms with Gasteiger partial charge in [0.1, 0.15) is 5.75 Å². The smallest absolute Gasteiger partial charge is 0.405 e. The molecule has 0 radical (unpaired) electrons. The van der Waals surface area contributed by atoms with Crippen molar-refractivity contribution in [3.63, 3.8) is 0 Å². The van der Waals surface area contributed by atoms with Crippen molar-refractivity contribution in [1.29, 1.82) is 0 Å². The molecule has 0 aliphatic rings. The number of carbonyl (C=O) groups excluding carboxylic acids is 1. The summed E-state index contributed by atoms with van der Waals surface area (Å²) in [7, 11) is 0. The van der Waals surface area contributed by atoms with Crippen molar-refractivity contribution in [2.75, 3.05) is 6.54 Å². The van der Waals surface area contributed by atoms with Crippen LogP contribution in [-0.2, 0) is 11.3 Å². The van der Waals surface area contributed by atoms with Crippen molar-refractivity contribution in [2.24, 2.45) is 5.73 Å². The minimum Gasteiger partial charge on any atom is -0.405 e. The highest BCUT2D eigenvalue weighted by atomic mass is 35.5. The quantitative estimate of drug-likeness (QED) is 0.811. The maximum absolute atomic E-state index is 12.5. The molecule has 0 atom stereocenters. The summed E-state index contributed by atoms with van der Waals surface area (Å²) in [5.41, 5.74) is 7.05. The van der Waals surface area contributed by atoms with Crippen LogP contribution in [0.4, 0.5) is 13.2 Å². The van der Waals surface area contributed by atoms with Crippen molar-refractivity contribution in [1.82, 2.24) is 5.32 Å². The zero-order valence-corrected chi connectivity index (χ0v) is 14.0. The Hall–Kier alpha value is -2.25. The highest BCUT2D eigenvalue weighted by molar-refractivity contribution is 5.85. The Kier molecular flexibility index (Phi) is 7.73. The lowest BCUT2D eigenvalue weighted by Crippen LogP contribution is -2.24. The Morgan fingerprint density at radius 2 is 1.72 bits per heavy atom. The first kappa shape index (κ1) is 20.8. The first-order valence-electron chi connectivity index (χ1n) is 7.30.